The van der Waals surface area contributed by atoms with Crippen LogP contribution in [0.25, 0.3) is 0 Å². The van der Waals surface area contributed by atoms with Gasteiger partial charge in [-0.1, -0.05) is 35.4 Å². The zero-order valence-corrected chi connectivity index (χ0v) is 24.2. The van der Waals surface area contributed by atoms with Crippen molar-refractivity contribution in [3.63, 3.8) is 0 Å². The Labute approximate surface area is 255 Å². The largest absolute Gasteiger partial charge is 0.322 e. The first-order valence-electron chi connectivity index (χ1n) is 13.9. The van der Waals surface area contributed by atoms with E-state index in [0.717, 1.165) is 11.1 Å². The van der Waals surface area contributed by atoms with Crippen LogP contribution in [0.4, 0.5) is 22.7 Å². The van der Waals surface area contributed by atoms with E-state index in [1.54, 1.807) is 84.9 Å². The van der Waals surface area contributed by atoms with Gasteiger partial charge in [0.15, 0.2) is 0 Å². The van der Waals surface area contributed by atoms with Crippen LogP contribution < -0.4 is 21.3 Å². The van der Waals surface area contributed by atoms with E-state index in [1.807, 2.05) is 50.2 Å². The van der Waals surface area contributed by atoms with Crippen molar-refractivity contribution in [2.75, 3.05) is 21.3 Å². The second-order valence-electron chi connectivity index (χ2n) is 10.3. The lowest BCUT2D eigenvalue weighted by Gasteiger charge is -2.10. The normalized spacial score (nSPS) is 10.4. The smallest absolute Gasteiger partial charge is 0.255 e. The minimum atomic E-state index is -0.336. The van der Waals surface area contributed by atoms with Gasteiger partial charge in [-0.3, -0.25) is 19.2 Å². The summed E-state index contributed by atoms with van der Waals surface area (Å²) in [5.41, 5.74) is 6.22. The summed E-state index contributed by atoms with van der Waals surface area (Å²) in [6, 6.07) is 34.6. The highest BCUT2D eigenvalue weighted by atomic mass is 16.2. The van der Waals surface area contributed by atoms with E-state index in [-0.39, 0.29) is 23.6 Å². The van der Waals surface area contributed by atoms with Gasteiger partial charge < -0.3 is 21.3 Å². The van der Waals surface area contributed by atoms with E-state index in [2.05, 4.69) is 21.3 Å². The standard InChI is InChI=1S/C36H30N4O4/c1-23-5-3-7-27(21-23)35(43)39-31-17-13-29(14-18-31)37-33(41)25-9-11-26(12-10-25)34(42)38-30-15-19-32(20-16-30)40-36(44)28-8-4-6-24(2)22-28/h3-22H,1-2H3,(H,37,41)(H,38,42)(H,39,43)(H,40,44). The first kappa shape index (κ1) is 29.5. The molecule has 0 atom stereocenters. The van der Waals surface area contributed by atoms with Crippen molar-refractivity contribution >= 4 is 46.4 Å². The zero-order valence-electron chi connectivity index (χ0n) is 24.2. The molecule has 0 aliphatic heterocycles. The van der Waals surface area contributed by atoms with Crippen molar-refractivity contribution in [2.45, 2.75) is 13.8 Å². The maximum Gasteiger partial charge on any atom is 0.255 e. The summed E-state index contributed by atoms with van der Waals surface area (Å²) in [6.45, 7) is 3.85. The summed E-state index contributed by atoms with van der Waals surface area (Å²) in [7, 11) is 0. The Morgan fingerprint density at radius 2 is 0.636 bits per heavy atom. The number of carbonyl (C=O) groups excluding carboxylic acids is 4. The molecule has 44 heavy (non-hydrogen) atoms. The molecule has 0 radical (unpaired) electrons. The number of aryl methyl sites for hydroxylation is 2. The molecule has 0 unspecified atom stereocenters. The number of amides is 4. The van der Waals surface area contributed by atoms with E-state index in [1.165, 1.54) is 0 Å². The Bertz CT molecular complexity index is 1690. The Kier molecular flexibility index (Phi) is 8.91. The van der Waals surface area contributed by atoms with Gasteiger partial charge in [0.05, 0.1) is 0 Å². The molecule has 0 spiro atoms. The maximum atomic E-state index is 12.8. The van der Waals surface area contributed by atoms with Crippen LogP contribution >= 0.6 is 0 Å². The number of hydrogen-bond donors (Lipinski definition) is 4. The molecular formula is C36H30N4O4. The van der Waals surface area contributed by atoms with Crippen molar-refractivity contribution in [1.82, 2.24) is 0 Å². The molecule has 8 heteroatoms. The molecule has 0 aromatic heterocycles. The lowest BCUT2D eigenvalue weighted by molar-refractivity contribution is 0.101. The van der Waals surface area contributed by atoms with Gasteiger partial charge in [0.2, 0.25) is 0 Å². The van der Waals surface area contributed by atoms with Crippen LogP contribution in [-0.2, 0) is 0 Å². The molecule has 8 nitrogen and oxygen atoms in total. The van der Waals surface area contributed by atoms with Crippen LogP contribution in [-0.4, -0.2) is 23.6 Å². The Morgan fingerprint density at radius 1 is 0.364 bits per heavy atom. The molecule has 0 heterocycles. The van der Waals surface area contributed by atoms with Crippen molar-refractivity contribution in [3.05, 3.63) is 155 Å². The van der Waals surface area contributed by atoms with E-state index in [9.17, 15) is 19.2 Å². The third-order valence-corrected chi connectivity index (χ3v) is 6.77. The molecule has 0 aliphatic carbocycles. The monoisotopic (exact) mass is 582 g/mol. The van der Waals surface area contributed by atoms with Crippen LogP contribution in [0.2, 0.25) is 0 Å². The third-order valence-electron chi connectivity index (χ3n) is 6.77. The fraction of sp³-hybridized carbons (Fsp3) is 0.0556. The predicted octanol–water partition coefficient (Wildman–Crippen LogP) is 7.31. The number of hydrogen-bond acceptors (Lipinski definition) is 4. The highest BCUT2D eigenvalue weighted by molar-refractivity contribution is 6.08. The van der Waals surface area contributed by atoms with Gasteiger partial charge in [0, 0.05) is 45.0 Å². The lowest BCUT2D eigenvalue weighted by Crippen LogP contribution is -2.15. The number of nitrogens with one attached hydrogen (secondary N) is 4. The number of anilines is 4. The molecule has 5 aromatic rings. The molecular weight excluding hydrogens is 552 g/mol. The second-order valence-corrected chi connectivity index (χ2v) is 10.3. The summed E-state index contributed by atoms with van der Waals surface area (Å²) in [4.78, 5) is 50.5. The molecule has 5 rings (SSSR count). The summed E-state index contributed by atoms with van der Waals surface area (Å²) in [5, 5.41) is 11.3. The van der Waals surface area contributed by atoms with Crippen LogP contribution in [0.1, 0.15) is 52.6 Å². The van der Waals surface area contributed by atoms with E-state index < -0.39 is 0 Å². The molecule has 0 bridgehead atoms. The van der Waals surface area contributed by atoms with Gasteiger partial charge in [-0.05, 0) is 111 Å². The maximum absolute atomic E-state index is 12.8. The second kappa shape index (κ2) is 13.3. The first-order chi connectivity index (χ1) is 21.2. The van der Waals surface area contributed by atoms with Gasteiger partial charge >= 0.3 is 0 Å². The molecule has 218 valence electrons. The highest BCUT2D eigenvalue weighted by Crippen LogP contribution is 2.18. The summed E-state index contributed by atoms with van der Waals surface area (Å²) < 4.78 is 0. The first-order valence-corrected chi connectivity index (χ1v) is 13.9. The van der Waals surface area contributed by atoms with Gasteiger partial charge in [-0.25, -0.2) is 0 Å². The quantitative estimate of drug-likeness (QED) is 0.153. The van der Waals surface area contributed by atoms with Crippen LogP contribution in [0.3, 0.4) is 0 Å². The van der Waals surface area contributed by atoms with Crippen molar-refractivity contribution in [2.24, 2.45) is 0 Å². The molecule has 0 fully saturated rings. The highest BCUT2D eigenvalue weighted by Gasteiger charge is 2.12. The number of carbonyl (C=O) groups is 4. The van der Waals surface area contributed by atoms with Gasteiger partial charge in [0.25, 0.3) is 23.6 Å². The van der Waals surface area contributed by atoms with Crippen LogP contribution in [0.5, 0.6) is 0 Å². The topological polar surface area (TPSA) is 116 Å². The number of rotatable bonds is 8. The van der Waals surface area contributed by atoms with Gasteiger partial charge in [0.1, 0.15) is 0 Å². The van der Waals surface area contributed by atoms with E-state index in [0.29, 0.717) is 45.0 Å². The minimum Gasteiger partial charge on any atom is -0.322 e. The van der Waals surface area contributed by atoms with Crippen LogP contribution in [0, 0.1) is 13.8 Å². The fourth-order valence-electron chi connectivity index (χ4n) is 4.43. The SMILES string of the molecule is Cc1cccc(C(=O)Nc2ccc(NC(=O)c3ccc(C(=O)Nc4ccc(NC(=O)c5cccc(C)c5)cc4)cc3)cc2)c1. The van der Waals surface area contributed by atoms with Crippen molar-refractivity contribution in [3.8, 4) is 0 Å². The van der Waals surface area contributed by atoms with E-state index in [4.69, 9.17) is 0 Å². The van der Waals surface area contributed by atoms with E-state index >= 15 is 0 Å². The molecule has 0 saturated heterocycles. The van der Waals surface area contributed by atoms with Crippen molar-refractivity contribution in [1.29, 1.82) is 0 Å². The lowest BCUT2D eigenvalue weighted by atomic mass is 10.1. The Morgan fingerprint density at radius 3 is 0.909 bits per heavy atom. The average Bonchev–Trinajstić information content (AvgIpc) is 3.03. The molecule has 0 saturated carbocycles. The average molecular weight is 583 g/mol. The predicted molar refractivity (Wildman–Crippen MR) is 173 cm³/mol. The number of benzene rings is 5. The Hall–Kier alpha value is -6.02. The Balaban J connectivity index is 1.12. The molecule has 5 aromatic carbocycles. The molecule has 4 N–H and O–H groups in total. The summed E-state index contributed by atoms with van der Waals surface area (Å²) in [5.74, 6) is -1.10. The van der Waals surface area contributed by atoms with Gasteiger partial charge in [-0.2, -0.15) is 0 Å². The molecule has 0 aliphatic rings. The minimum absolute atomic E-state index is 0.214. The molecule has 4 amide bonds. The summed E-state index contributed by atoms with van der Waals surface area (Å²) in [6.07, 6.45) is 0. The van der Waals surface area contributed by atoms with Gasteiger partial charge in [-0.15, -0.1) is 0 Å². The third kappa shape index (κ3) is 7.63. The van der Waals surface area contributed by atoms with Crippen molar-refractivity contribution < 1.29 is 19.2 Å². The summed E-state index contributed by atoms with van der Waals surface area (Å²) >= 11 is 0. The van der Waals surface area contributed by atoms with Crippen LogP contribution in [0.15, 0.2) is 121 Å². The fourth-order valence-corrected chi connectivity index (χ4v) is 4.43. The zero-order chi connectivity index (χ0) is 31.1.